The maximum Gasteiger partial charge on any atom is 0.337 e. The first-order valence-electron chi connectivity index (χ1n) is 11.8. The van der Waals surface area contributed by atoms with Crippen molar-refractivity contribution >= 4 is 5.97 Å². The van der Waals surface area contributed by atoms with Gasteiger partial charge in [0.1, 0.15) is 12.4 Å². The first-order valence-corrected chi connectivity index (χ1v) is 11.8. The van der Waals surface area contributed by atoms with Gasteiger partial charge in [-0.1, -0.05) is 42.5 Å². The summed E-state index contributed by atoms with van der Waals surface area (Å²) in [5.41, 5.74) is 4.05. The molecule has 0 radical (unpaired) electrons. The second-order valence-electron chi connectivity index (χ2n) is 8.30. The van der Waals surface area contributed by atoms with E-state index >= 15 is 0 Å². The van der Waals surface area contributed by atoms with E-state index in [-0.39, 0.29) is 5.56 Å². The topological polar surface area (TPSA) is 87.1 Å². The van der Waals surface area contributed by atoms with Gasteiger partial charge in [0.25, 0.3) is 0 Å². The predicted molar refractivity (Wildman–Crippen MR) is 141 cm³/mol. The Morgan fingerprint density at radius 2 is 1.43 bits per heavy atom. The summed E-state index contributed by atoms with van der Waals surface area (Å²) in [5.74, 6) is 1.25. The predicted octanol–water partition coefficient (Wildman–Crippen LogP) is 5.84. The Morgan fingerprint density at radius 3 is 2.08 bits per heavy atom. The number of nitrogens with zero attached hydrogens (tertiary/aromatic N) is 1. The lowest BCUT2D eigenvalue weighted by Crippen LogP contribution is -2.08. The highest BCUT2D eigenvalue weighted by Crippen LogP contribution is 2.38. The number of methoxy groups -OCH3 is 3. The Hall–Kier alpha value is -4.52. The quantitative estimate of drug-likeness (QED) is 0.278. The highest BCUT2D eigenvalue weighted by Gasteiger charge is 2.17. The molecule has 1 N–H and O–H groups in total. The average Bonchev–Trinajstić information content (AvgIpc) is 2.94. The monoisotopic (exact) mass is 499 g/mol. The zero-order chi connectivity index (χ0) is 26.2. The number of carbonyl (C=O) groups is 1. The van der Waals surface area contributed by atoms with Crippen LogP contribution < -0.4 is 18.9 Å². The molecule has 37 heavy (non-hydrogen) atoms. The molecule has 4 aromatic rings. The van der Waals surface area contributed by atoms with Gasteiger partial charge in [0.15, 0.2) is 11.5 Å². The number of benzene rings is 3. The molecule has 1 aromatic heterocycles. The summed E-state index contributed by atoms with van der Waals surface area (Å²) < 4.78 is 22.4. The summed E-state index contributed by atoms with van der Waals surface area (Å²) in [5, 5.41) is 9.80. The van der Waals surface area contributed by atoms with Crippen LogP contribution in [0.15, 0.2) is 78.9 Å². The van der Waals surface area contributed by atoms with E-state index in [1.54, 1.807) is 33.5 Å². The van der Waals surface area contributed by atoms with E-state index in [0.717, 1.165) is 16.7 Å². The summed E-state index contributed by atoms with van der Waals surface area (Å²) in [6.07, 6.45) is 0.931. The van der Waals surface area contributed by atoms with Crippen LogP contribution in [0.5, 0.6) is 23.0 Å². The molecule has 0 spiro atoms. The van der Waals surface area contributed by atoms with Crippen molar-refractivity contribution in [1.29, 1.82) is 0 Å². The van der Waals surface area contributed by atoms with Crippen molar-refractivity contribution in [2.24, 2.45) is 0 Å². The van der Waals surface area contributed by atoms with Gasteiger partial charge in [-0.25, -0.2) is 4.79 Å². The lowest BCUT2D eigenvalue weighted by Gasteiger charge is -2.15. The van der Waals surface area contributed by atoms with E-state index in [9.17, 15) is 9.90 Å². The molecule has 7 nitrogen and oxygen atoms in total. The SMILES string of the molecule is COc1cc(CCc2nc(-c3ccccc3OCc3ccccc3)ccc2C(=O)O)cc(OC)c1OC. The van der Waals surface area contributed by atoms with Crippen LogP contribution in [0.25, 0.3) is 11.3 Å². The minimum Gasteiger partial charge on any atom is -0.493 e. The minimum absolute atomic E-state index is 0.166. The van der Waals surface area contributed by atoms with Crippen LogP contribution in [0.4, 0.5) is 0 Å². The Labute approximate surface area is 216 Å². The molecule has 0 amide bonds. The number of aromatic nitrogens is 1. The van der Waals surface area contributed by atoms with Crippen molar-refractivity contribution < 1.29 is 28.8 Å². The van der Waals surface area contributed by atoms with Gasteiger partial charge in [-0.05, 0) is 60.4 Å². The molecular formula is C30H29NO6. The number of hydrogen-bond acceptors (Lipinski definition) is 6. The number of aromatic carboxylic acids is 1. The number of pyridine rings is 1. The van der Waals surface area contributed by atoms with Gasteiger partial charge < -0.3 is 24.1 Å². The van der Waals surface area contributed by atoms with Gasteiger partial charge >= 0.3 is 5.97 Å². The van der Waals surface area contributed by atoms with Gasteiger partial charge in [-0.3, -0.25) is 4.98 Å². The summed E-state index contributed by atoms with van der Waals surface area (Å²) in [6.45, 7) is 0.416. The Bertz CT molecular complexity index is 1340. The molecule has 0 fully saturated rings. The highest BCUT2D eigenvalue weighted by atomic mass is 16.5. The normalized spacial score (nSPS) is 10.6. The maximum absolute atomic E-state index is 12.0. The van der Waals surface area contributed by atoms with E-state index in [2.05, 4.69) is 0 Å². The van der Waals surface area contributed by atoms with Crippen molar-refractivity contribution in [3.8, 4) is 34.3 Å². The molecule has 0 aliphatic rings. The van der Waals surface area contributed by atoms with Crippen molar-refractivity contribution in [3.63, 3.8) is 0 Å². The van der Waals surface area contributed by atoms with Crippen LogP contribution in [-0.4, -0.2) is 37.4 Å². The van der Waals surface area contributed by atoms with E-state index < -0.39 is 5.97 Å². The third-order valence-electron chi connectivity index (χ3n) is 5.98. The zero-order valence-corrected chi connectivity index (χ0v) is 21.1. The first kappa shape index (κ1) is 25.6. The number of ether oxygens (including phenoxy) is 4. The lowest BCUT2D eigenvalue weighted by atomic mass is 10.0. The van der Waals surface area contributed by atoms with Gasteiger partial charge in [-0.2, -0.15) is 0 Å². The number of rotatable bonds is 11. The summed E-state index contributed by atoms with van der Waals surface area (Å²) in [7, 11) is 4.67. The van der Waals surface area contributed by atoms with Crippen LogP contribution in [0.1, 0.15) is 27.2 Å². The van der Waals surface area contributed by atoms with Crippen molar-refractivity contribution in [3.05, 3.63) is 101 Å². The molecule has 3 aromatic carbocycles. The lowest BCUT2D eigenvalue weighted by molar-refractivity contribution is 0.0695. The summed E-state index contributed by atoms with van der Waals surface area (Å²) in [4.78, 5) is 16.7. The molecule has 1 heterocycles. The fraction of sp³-hybridized carbons (Fsp3) is 0.200. The molecule has 0 aliphatic carbocycles. The fourth-order valence-corrected chi connectivity index (χ4v) is 4.12. The van der Waals surface area contributed by atoms with Crippen molar-refractivity contribution in [2.75, 3.05) is 21.3 Å². The molecule has 0 aliphatic heterocycles. The molecule has 4 rings (SSSR count). The van der Waals surface area contributed by atoms with E-state index in [1.165, 1.54) is 0 Å². The maximum atomic E-state index is 12.0. The minimum atomic E-state index is -1.02. The molecule has 0 unspecified atom stereocenters. The Kier molecular flexibility index (Phi) is 8.26. The number of para-hydroxylation sites is 1. The number of aryl methyl sites for hydroxylation is 2. The van der Waals surface area contributed by atoms with Crippen LogP contribution in [0.3, 0.4) is 0 Å². The second-order valence-corrected chi connectivity index (χ2v) is 8.30. The standard InChI is InChI=1S/C30H29NO6/c1-34-27-17-21(18-28(35-2)29(27)36-3)13-15-25-23(30(32)33)14-16-24(31-25)22-11-7-8-12-26(22)37-19-20-9-5-4-6-10-20/h4-12,14,16-18H,13,15,19H2,1-3H3,(H,32,33). The van der Waals surface area contributed by atoms with Gasteiger partial charge in [0, 0.05) is 5.56 Å². The third kappa shape index (κ3) is 6.01. The second kappa shape index (κ2) is 11.9. The molecule has 190 valence electrons. The molecule has 0 bridgehead atoms. The zero-order valence-electron chi connectivity index (χ0n) is 21.1. The van der Waals surface area contributed by atoms with Crippen molar-refractivity contribution in [2.45, 2.75) is 19.4 Å². The first-order chi connectivity index (χ1) is 18.0. The molecule has 0 saturated heterocycles. The van der Waals surface area contributed by atoms with Gasteiger partial charge in [-0.15, -0.1) is 0 Å². The van der Waals surface area contributed by atoms with E-state index in [4.69, 9.17) is 23.9 Å². The van der Waals surface area contributed by atoms with Gasteiger partial charge in [0.2, 0.25) is 5.75 Å². The smallest absolute Gasteiger partial charge is 0.337 e. The Balaban J connectivity index is 1.62. The summed E-state index contributed by atoms with van der Waals surface area (Å²) >= 11 is 0. The number of hydrogen-bond donors (Lipinski definition) is 1. The van der Waals surface area contributed by atoms with Crippen LogP contribution >= 0.6 is 0 Å². The van der Waals surface area contributed by atoms with Crippen LogP contribution in [0, 0.1) is 0 Å². The third-order valence-corrected chi connectivity index (χ3v) is 5.98. The van der Waals surface area contributed by atoms with E-state index in [0.29, 0.717) is 53.8 Å². The molecule has 0 atom stereocenters. The largest absolute Gasteiger partial charge is 0.493 e. The molecular weight excluding hydrogens is 470 g/mol. The molecule has 7 heteroatoms. The molecule has 0 saturated carbocycles. The number of carboxylic acid groups (broad SMARTS) is 1. The highest BCUT2D eigenvalue weighted by molar-refractivity contribution is 5.89. The number of carboxylic acids is 1. The average molecular weight is 500 g/mol. The van der Waals surface area contributed by atoms with Crippen molar-refractivity contribution in [1.82, 2.24) is 4.98 Å². The van der Waals surface area contributed by atoms with Gasteiger partial charge in [0.05, 0.1) is 38.3 Å². The fourth-order valence-electron chi connectivity index (χ4n) is 4.12. The van der Waals surface area contributed by atoms with Crippen LogP contribution in [-0.2, 0) is 19.4 Å². The van der Waals surface area contributed by atoms with E-state index in [1.807, 2.05) is 66.7 Å². The van der Waals surface area contributed by atoms with Crippen LogP contribution in [0.2, 0.25) is 0 Å². The summed E-state index contributed by atoms with van der Waals surface area (Å²) in [6, 6.07) is 24.6. The Morgan fingerprint density at radius 1 is 0.757 bits per heavy atom.